The summed E-state index contributed by atoms with van der Waals surface area (Å²) in [6.07, 6.45) is 2.84. The Balaban J connectivity index is 1.64. The summed E-state index contributed by atoms with van der Waals surface area (Å²) in [6.45, 7) is 4.68. The van der Waals surface area contributed by atoms with Crippen LogP contribution < -0.4 is 5.32 Å². The molecule has 0 saturated carbocycles. The Hall–Kier alpha value is -1.41. The normalized spacial score (nSPS) is 10.8. The van der Waals surface area contributed by atoms with Gasteiger partial charge in [0.05, 0.1) is 0 Å². The first-order valence-corrected chi connectivity index (χ1v) is 8.74. The van der Waals surface area contributed by atoms with Crippen molar-refractivity contribution in [2.75, 3.05) is 12.3 Å². The number of amides is 1. The zero-order valence-corrected chi connectivity index (χ0v) is 13.8. The van der Waals surface area contributed by atoms with Gasteiger partial charge in [-0.2, -0.15) is 5.10 Å². The van der Waals surface area contributed by atoms with Crippen LogP contribution in [-0.2, 0) is 6.42 Å². The lowest BCUT2D eigenvalue weighted by atomic mass is 10.2. The predicted molar refractivity (Wildman–Crippen MR) is 84.9 cm³/mol. The van der Waals surface area contributed by atoms with Gasteiger partial charge in [-0.1, -0.05) is 36.4 Å². The molecule has 0 aliphatic heterocycles. The van der Waals surface area contributed by atoms with Crippen LogP contribution in [0.4, 0.5) is 0 Å². The van der Waals surface area contributed by atoms with E-state index in [4.69, 9.17) is 0 Å². The van der Waals surface area contributed by atoms with E-state index >= 15 is 0 Å². The lowest BCUT2D eigenvalue weighted by molar-refractivity contribution is 0.0949. The summed E-state index contributed by atoms with van der Waals surface area (Å²) in [5.41, 5.74) is 1.47. The molecule has 0 fully saturated rings. The van der Waals surface area contributed by atoms with Crippen molar-refractivity contribution in [1.29, 1.82) is 0 Å². The predicted octanol–water partition coefficient (Wildman–Crippen LogP) is 2.43. The number of thioether (sulfide) groups is 1. The van der Waals surface area contributed by atoms with Gasteiger partial charge < -0.3 is 5.32 Å². The SMILES string of the molecule is CCCc1cc(C(=O)NCCCSc2nnc(C)s2)n[nH]1. The third kappa shape index (κ3) is 5.13. The molecule has 0 bridgehead atoms. The Morgan fingerprint density at radius 3 is 3.05 bits per heavy atom. The minimum atomic E-state index is -0.120. The zero-order valence-electron chi connectivity index (χ0n) is 12.2. The first-order chi connectivity index (χ1) is 10.2. The average Bonchev–Trinajstić information content (AvgIpc) is 3.08. The molecule has 21 heavy (non-hydrogen) atoms. The van der Waals surface area contributed by atoms with Gasteiger partial charge in [0.1, 0.15) is 10.7 Å². The highest BCUT2D eigenvalue weighted by atomic mass is 32.2. The second-order valence-corrected chi connectivity index (χ2v) is 7.10. The summed E-state index contributed by atoms with van der Waals surface area (Å²) in [6, 6.07) is 1.82. The number of rotatable bonds is 8. The minimum absolute atomic E-state index is 0.120. The van der Waals surface area contributed by atoms with Gasteiger partial charge in [-0.3, -0.25) is 9.89 Å². The van der Waals surface area contributed by atoms with Crippen molar-refractivity contribution in [3.05, 3.63) is 22.5 Å². The lowest BCUT2D eigenvalue weighted by Crippen LogP contribution is -2.25. The minimum Gasteiger partial charge on any atom is -0.351 e. The maximum Gasteiger partial charge on any atom is 0.271 e. The van der Waals surface area contributed by atoms with Crippen molar-refractivity contribution in [2.24, 2.45) is 0 Å². The molecule has 0 saturated heterocycles. The van der Waals surface area contributed by atoms with Crippen molar-refractivity contribution in [3.8, 4) is 0 Å². The number of nitrogens with one attached hydrogen (secondary N) is 2. The monoisotopic (exact) mass is 325 g/mol. The van der Waals surface area contributed by atoms with Crippen LogP contribution in [0.3, 0.4) is 0 Å². The van der Waals surface area contributed by atoms with E-state index in [1.807, 2.05) is 13.0 Å². The molecule has 0 radical (unpaired) electrons. The van der Waals surface area contributed by atoms with Crippen molar-refractivity contribution in [3.63, 3.8) is 0 Å². The second kappa shape index (κ2) is 8.14. The Morgan fingerprint density at radius 2 is 2.33 bits per heavy atom. The van der Waals surface area contributed by atoms with Crippen LogP contribution in [-0.4, -0.2) is 38.6 Å². The Kier molecular flexibility index (Phi) is 6.19. The van der Waals surface area contributed by atoms with E-state index in [9.17, 15) is 4.79 Å². The summed E-state index contributed by atoms with van der Waals surface area (Å²) in [5.74, 6) is 0.793. The summed E-state index contributed by atoms with van der Waals surface area (Å²) in [7, 11) is 0. The maximum absolute atomic E-state index is 11.9. The molecule has 114 valence electrons. The van der Waals surface area contributed by atoms with Crippen LogP contribution in [0.2, 0.25) is 0 Å². The van der Waals surface area contributed by atoms with Gasteiger partial charge in [0, 0.05) is 18.0 Å². The maximum atomic E-state index is 11.9. The molecular formula is C13H19N5OS2. The first kappa shape index (κ1) is 16.0. The Labute approximate surface area is 132 Å². The highest BCUT2D eigenvalue weighted by Crippen LogP contribution is 2.21. The number of H-pyrrole nitrogens is 1. The molecule has 8 heteroatoms. The number of carbonyl (C=O) groups is 1. The van der Waals surface area contributed by atoms with E-state index in [1.165, 1.54) is 0 Å². The van der Waals surface area contributed by atoms with Gasteiger partial charge in [0.25, 0.3) is 5.91 Å². The molecule has 2 heterocycles. The summed E-state index contributed by atoms with van der Waals surface area (Å²) >= 11 is 3.27. The number of carbonyl (C=O) groups excluding carboxylic acids is 1. The molecule has 2 aromatic rings. The molecule has 0 aliphatic rings. The Bertz CT molecular complexity index is 581. The van der Waals surface area contributed by atoms with Crippen molar-refractivity contribution in [1.82, 2.24) is 25.7 Å². The van der Waals surface area contributed by atoms with Crippen LogP contribution in [0.5, 0.6) is 0 Å². The zero-order chi connectivity index (χ0) is 15.1. The van der Waals surface area contributed by atoms with E-state index < -0.39 is 0 Å². The largest absolute Gasteiger partial charge is 0.351 e. The molecule has 0 unspecified atom stereocenters. The highest BCUT2D eigenvalue weighted by Gasteiger charge is 2.09. The third-order valence-corrected chi connectivity index (χ3v) is 4.78. The molecule has 0 aliphatic carbocycles. The van der Waals surface area contributed by atoms with E-state index in [0.29, 0.717) is 12.2 Å². The second-order valence-electron chi connectivity index (χ2n) is 4.57. The molecule has 2 N–H and O–H groups in total. The third-order valence-electron chi connectivity index (χ3n) is 2.72. The molecule has 6 nitrogen and oxygen atoms in total. The smallest absolute Gasteiger partial charge is 0.271 e. The highest BCUT2D eigenvalue weighted by molar-refractivity contribution is 8.01. The molecule has 2 aromatic heterocycles. The standard InChI is InChI=1S/C13H19N5OS2/c1-3-5-10-8-11(17-16-10)12(19)14-6-4-7-20-13-18-15-9(2)21-13/h8H,3-7H2,1-2H3,(H,14,19)(H,16,17). The molecule has 0 aromatic carbocycles. The fourth-order valence-electron chi connectivity index (χ4n) is 1.74. The molecule has 1 amide bonds. The lowest BCUT2D eigenvalue weighted by Gasteiger charge is -2.01. The Morgan fingerprint density at radius 1 is 1.48 bits per heavy atom. The van der Waals surface area contributed by atoms with Gasteiger partial charge in [-0.25, -0.2) is 0 Å². The quantitative estimate of drug-likeness (QED) is 0.575. The number of hydrogen-bond acceptors (Lipinski definition) is 6. The number of aryl methyl sites for hydroxylation is 2. The van der Waals surface area contributed by atoms with Crippen LogP contribution in [0, 0.1) is 6.92 Å². The summed E-state index contributed by atoms with van der Waals surface area (Å²) < 4.78 is 0.982. The number of hydrogen-bond donors (Lipinski definition) is 2. The number of aromatic amines is 1. The van der Waals surface area contributed by atoms with Crippen molar-refractivity contribution >= 4 is 29.0 Å². The van der Waals surface area contributed by atoms with E-state index in [2.05, 4.69) is 32.6 Å². The molecular weight excluding hydrogens is 306 g/mol. The summed E-state index contributed by atoms with van der Waals surface area (Å²) in [4.78, 5) is 11.9. The average molecular weight is 325 g/mol. The fraction of sp³-hybridized carbons (Fsp3) is 0.538. The number of aromatic nitrogens is 4. The van der Waals surface area contributed by atoms with E-state index in [1.54, 1.807) is 23.1 Å². The fourth-order valence-corrected chi connectivity index (χ4v) is 3.56. The van der Waals surface area contributed by atoms with E-state index in [-0.39, 0.29) is 5.91 Å². The molecule has 0 spiro atoms. The molecule has 2 rings (SSSR count). The van der Waals surface area contributed by atoms with Gasteiger partial charge in [-0.15, -0.1) is 10.2 Å². The van der Waals surface area contributed by atoms with E-state index in [0.717, 1.165) is 40.1 Å². The van der Waals surface area contributed by atoms with Gasteiger partial charge in [-0.05, 0) is 25.8 Å². The van der Waals surface area contributed by atoms with Gasteiger partial charge >= 0.3 is 0 Å². The number of nitrogens with zero attached hydrogens (tertiary/aromatic N) is 3. The van der Waals surface area contributed by atoms with Crippen molar-refractivity contribution < 1.29 is 4.79 Å². The van der Waals surface area contributed by atoms with Crippen molar-refractivity contribution in [2.45, 2.75) is 37.4 Å². The summed E-state index contributed by atoms with van der Waals surface area (Å²) in [5, 5.41) is 18.8. The van der Waals surface area contributed by atoms with Crippen LogP contribution >= 0.6 is 23.1 Å². The van der Waals surface area contributed by atoms with Crippen LogP contribution in [0.25, 0.3) is 0 Å². The van der Waals surface area contributed by atoms with Gasteiger partial charge in [0.2, 0.25) is 0 Å². The van der Waals surface area contributed by atoms with Crippen LogP contribution in [0.1, 0.15) is 41.0 Å². The van der Waals surface area contributed by atoms with Crippen LogP contribution in [0.15, 0.2) is 10.4 Å². The first-order valence-electron chi connectivity index (χ1n) is 6.94. The van der Waals surface area contributed by atoms with Gasteiger partial charge in [0.15, 0.2) is 4.34 Å². The molecule has 0 atom stereocenters. The topological polar surface area (TPSA) is 83.6 Å².